The van der Waals surface area contributed by atoms with Crippen LogP contribution in [0.1, 0.15) is 37.6 Å². The molecule has 0 spiro atoms. The highest BCUT2D eigenvalue weighted by molar-refractivity contribution is 5.76. The number of aryl methyl sites for hydroxylation is 1. The molecule has 0 amide bonds. The number of aliphatic hydroxyl groups excluding tert-OH is 1. The molecular formula is C13H18N2O. The Hall–Kier alpha value is -1.35. The molecule has 0 radical (unpaired) electrons. The summed E-state index contributed by atoms with van der Waals surface area (Å²) in [7, 11) is 0. The average Bonchev–Trinajstić information content (AvgIpc) is 2.69. The summed E-state index contributed by atoms with van der Waals surface area (Å²) >= 11 is 0. The molecule has 1 aromatic carbocycles. The van der Waals surface area contributed by atoms with Crippen molar-refractivity contribution in [1.29, 1.82) is 0 Å². The maximum Gasteiger partial charge on any atom is 0.109 e. The highest BCUT2D eigenvalue weighted by Gasteiger charge is 2.06. The van der Waals surface area contributed by atoms with Gasteiger partial charge in [0.25, 0.3) is 0 Å². The molecule has 3 nitrogen and oxygen atoms in total. The van der Waals surface area contributed by atoms with Crippen LogP contribution in [0.2, 0.25) is 0 Å². The summed E-state index contributed by atoms with van der Waals surface area (Å²) in [6.07, 6.45) is 1.74. The van der Waals surface area contributed by atoms with Crippen LogP contribution >= 0.6 is 0 Å². The van der Waals surface area contributed by atoms with Crippen LogP contribution in [0.3, 0.4) is 0 Å². The molecule has 0 bridgehead atoms. The van der Waals surface area contributed by atoms with Crippen molar-refractivity contribution in [2.45, 2.75) is 32.6 Å². The number of aliphatic hydroxyl groups is 1. The van der Waals surface area contributed by atoms with Gasteiger partial charge in [0.05, 0.1) is 11.0 Å². The van der Waals surface area contributed by atoms with E-state index >= 15 is 0 Å². The van der Waals surface area contributed by atoms with Crippen LogP contribution in [0.25, 0.3) is 11.0 Å². The molecule has 0 aliphatic carbocycles. The zero-order chi connectivity index (χ0) is 11.5. The van der Waals surface area contributed by atoms with Gasteiger partial charge in [0.2, 0.25) is 0 Å². The first-order valence-corrected chi connectivity index (χ1v) is 5.80. The van der Waals surface area contributed by atoms with Crippen LogP contribution in [0.4, 0.5) is 0 Å². The SMILES string of the molecule is CC(C)c1nc2ccc(CCCO)cc2[nH]1. The van der Waals surface area contributed by atoms with Gasteiger partial charge in [-0.2, -0.15) is 0 Å². The molecule has 2 N–H and O–H groups in total. The number of imidazole rings is 1. The third-order valence-corrected chi connectivity index (χ3v) is 2.74. The second kappa shape index (κ2) is 4.66. The Balaban J connectivity index is 2.30. The van der Waals surface area contributed by atoms with Gasteiger partial charge in [-0.3, -0.25) is 0 Å². The first kappa shape index (κ1) is 11.1. The van der Waals surface area contributed by atoms with E-state index in [-0.39, 0.29) is 6.61 Å². The fourth-order valence-electron chi connectivity index (χ4n) is 1.79. The van der Waals surface area contributed by atoms with Crippen molar-refractivity contribution in [1.82, 2.24) is 9.97 Å². The number of H-pyrrole nitrogens is 1. The Morgan fingerprint density at radius 1 is 1.38 bits per heavy atom. The number of rotatable bonds is 4. The van der Waals surface area contributed by atoms with Crippen LogP contribution in [-0.2, 0) is 6.42 Å². The number of nitrogens with zero attached hydrogens (tertiary/aromatic N) is 1. The Bertz CT molecular complexity index is 474. The minimum atomic E-state index is 0.248. The summed E-state index contributed by atoms with van der Waals surface area (Å²) in [5.74, 6) is 1.46. The summed E-state index contributed by atoms with van der Waals surface area (Å²) in [6, 6.07) is 6.26. The highest BCUT2D eigenvalue weighted by Crippen LogP contribution is 2.18. The number of hydrogen-bond acceptors (Lipinski definition) is 2. The molecule has 86 valence electrons. The Morgan fingerprint density at radius 2 is 2.19 bits per heavy atom. The molecule has 1 heterocycles. The number of fused-ring (bicyclic) bond motifs is 1. The predicted molar refractivity (Wildman–Crippen MR) is 65.6 cm³/mol. The van der Waals surface area contributed by atoms with Crippen molar-refractivity contribution >= 4 is 11.0 Å². The van der Waals surface area contributed by atoms with Gasteiger partial charge in [-0.25, -0.2) is 4.98 Å². The van der Waals surface area contributed by atoms with Gasteiger partial charge in [0.1, 0.15) is 5.82 Å². The quantitative estimate of drug-likeness (QED) is 0.828. The molecule has 0 saturated heterocycles. The van der Waals surface area contributed by atoms with E-state index in [9.17, 15) is 0 Å². The fraction of sp³-hybridized carbons (Fsp3) is 0.462. The summed E-state index contributed by atoms with van der Waals surface area (Å²) < 4.78 is 0. The zero-order valence-corrected chi connectivity index (χ0v) is 9.83. The van der Waals surface area contributed by atoms with E-state index in [4.69, 9.17) is 5.11 Å². The van der Waals surface area contributed by atoms with E-state index in [1.54, 1.807) is 0 Å². The van der Waals surface area contributed by atoms with E-state index in [2.05, 4.69) is 35.9 Å². The molecule has 0 aliphatic rings. The summed E-state index contributed by atoms with van der Waals surface area (Å²) in [5, 5.41) is 8.80. The zero-order valence-electron chi connectivity index (χ0n) is 9.83. The van der Waals surface area contributed by atoms with E-state index in [0.717, 1.165) is 29.7 Å². The standard InChI is InChI=1S/C13H18N2O/c1-9(2)13-14-11-6-5-10(4-3-7-16)8-12(11)15-13/h5-6,8-9,16H,3-4,7H2,1-2H3,(H,14,15). The molecule has 3 heteroatoms. The molecule has 0 fully saturated rings. The van der Waals surface area contributed by atoms with Gasteiger partial charge in [-0.05, 0) is 30.5 Å². The number of benzene rings is 1. The summed E-state index contributed by atoms with van der Waals surface area (Å²) in [4.78, 5) is 7.87. The molecule has 0 saturated carbocycles. The predicted octanol–water partition coefficient (Wildman–Crippen LogP) is 2.61. The van der Waals surface area contributed by atoms with Crippen LogP contribution < -0.4 is 0 Å². The van der Waals surface area contributed by atoms with Crippen molar-refractivity contribution < 1.29 is 5.11 Å². The number of nitrogens with one attached hydrogen (secondary N) is 1. The van der Waals surface area contributed by atoms with Crippen LogP contribution in [0.5, 0.6) is 0 Å². The number of aromatic nitrogens is 2. The first-order chi connectivity index (χ1) is 7.70. The van der Waals surface area contributed by atoms with Crippen LogP contribution in [0.15, 0.2) is 18.2 Å². The second-order valence-electron chi connectivity index (χ2n) is 4.46. The molecule has 0 atom stereocenters. The minimum Gasteiger partial charge on any atom is -0.396 e. The van der Waals surface area contributed by atoms with Crippen molar-refractivity contribution in [3.63, 3.8) is 0 Å². The second-order valence-corrected chi connectivity index (χ2v) is 4.46. The lowest BCUT2D eigenvalue weighted by Gasteiger charge is -1.98. The monoisotopic (exact) mass is 218 g/mol. The smallest absolute Gasteiger partial charge is 0.109 e. The molecule has 16 heavy (non-hydrogen) atoms. The molecular weight excluding hydrogens is 200 g/mol. The van der Waals surface area contributed by atoms with E-state index in [0.29, 0.717) is 5.92 Å². The van der Waals surface area contributed by atoms with Gasteiger partial charge in [-0.1, -0.05) is 19.9 Å². The maximum absolute atomic E-state index is 8.80. The Labute approximate surface area is 95.5 Å². The fourth-order valence-corrected chi connectivity index (χ4v) is 1.79. The maximum atomic E-state index is 8.80. The molecule has 0 aliphatic heterocycles. The topological polar surface area (TPSA) is 48.9 Å². The lowest BCUT2D eigenvalue weighted by Crippen LogP contribution is -1.89. The van der Waals surface area contributed by atoms with Crippen molar-refractivity contribution in [3.8, 4) is 0 Å². The molecule has 0 unspecified atom stereocenters. The summed E-state index contributed by atoms with van der Waals surface area (Å²) in [5.41, 5.74) is 3.37. The van der Waals surface area contributed by atoms with Gasteiger partial charge in [-0.15, -0.1) is 0 Å². The minimum absolute atomic E-state index is 0.248. The van der Waals surface area contributed by atoms with Gasteiger partial charge >= 0.3 is 0 Å². The molecule has 2 aromatic rings. The van der Waals surface area contributed by atoms with Crippen molar-refractivity contribution in [3.05, 3.63) is 29.6 Å². The molecule has 1 aromatic heterocycles. The number of hydrogen-bond donors (Lipinski definition) is 2. The van der Waals surface area contributed by atoms with Crippen LogP contribution in [-0.4, -0.2) is 21.7 Å². The van der Waals surface area contributed by atoms with Crippen LogP contribution in [0, 0.1) is 0 Å². The van der Waals surface area contributed by atoms with Crippen molar-refractivity contribution in [2.75, 3.05) is 6.61 Å². The van der Waals surface area contributed by atoms with Gasteiger partial charge in [0.15, 0.2) is 0 Å². The lowest BCUT2D eigenvalue weighted by molar-refractivity contribution is 0.288. The van der Waals surface area contributed by atoms with Gasteiger partial charge in [0, 0.05) is 12.5 Å². The Morgan fingerprint density at radius 3 is 2.88 bits per heavy atom. The highest BCUT2D eigenvalue weighted by atomic mass is 16.2. The van der Waals surface area contributed by atoms with E-state index < -0.39 is 0 Å². The third kappa shape index (κ3) is 2.25. The first-order valence-electron chi connectivity index (χ1n) is 5.80. The largest absolute Gasteiger partial charge is 0.396 e. The van der Waals surface area contributed by atoms with Gasteiger partial charge < -0.3 is 10.1 Å². The summed E-state index contributed by atoms with van der Waals surface area (Å²) in [6.45, 7) is 4.51. The van der Waals surface area contributed by atoms with E-state index in [1.807, 2.05) is 6.07 Å². The number of aromatic amines is 1. The third-order valence-electron chi connectivity index (χ3n) is 2.74. The average molecular weight is 218 g/mol. The van der Waals surface area contributed by atoms with Crippen molar-refractivity contribution in [2.24, 2.45) is 0 Å². The lowest BCUT2D eigenvalue weighted by atomic mass is 10.1. The normalized spacial score (nSPS) is 11.5. The Kier molecular flexibility index (Phi) is 3.25. The van der Waals surface area contributed by atoms with E-state index in [1.165, 1.54) is 5.56 Å². The molecule has 2 rings (SSSR count).